The molecular formula is C18H24N2O. The average molecular weight is 284 g/mol. The molecule has 2 unspecified atom stereocenters. The Morgan fingerprint density at radius 1 is 1.14 bits per heavy atom. The summed E-state index contributed by atoms with van der Waals surface area (Å²) in [7, 11) is 0. The third-order valence-electron chi connectivity index (χ3n) is 6.37. The number of nitrogens with one attached hydrogen (secondary N) is 1. The van der Waals surface area contributed by atoms with Gasteiger partial charge in [0.05, 0.1) is 6.61 Å². The Labute approximate surface area is 126 Å². The van der Waals surface area contributed by atoms with Gasteiger partial charge in [0.2, 0.25) is 0 Å². The van der Waals surface area contributed by atoms with E-state index in [4.69, 9.17) is 4.74 Å². The SMILES string of the molecule is c1ccc2c(c1)NC1C2CCN2C[C@@H]3COCC[C@H]3C[C@@H]12. The topological polar surface area (TPSA) is 24.5 Å². The number of piperidine rings is 2. The molecule has 0 bridgehead atoms. The second kappa shape index (κ2) is 4.72. The summed E-state index contributed by atoms with van der Waals surface area (Å²) in [4.78, 5) is 2.76. The molecule has 21 heavy (non-hydrogen) atoms. The summed E-state index contributed by atoms with van der Waals surface area (Å²) in [5, 5.41) is 3.86. The van der Waals surface area contributed by atoms with Gasteiger partial charge in [-0.1, -0.05) is 18.2 Å². The van der Waals surface area contributed by atoms with Crippen molar-refractivity contribution in [3.8, 4) is 0 Å². The van der Waals surface area contributed by atoms with Crippen molar-refractivity contribution >= 4 is 5.69 Å². The smallest absolute Gasteiger partial charge is 0.0509 e. The fourth-order valence-electron chi connectivity index (χ4n) is 5.31. The van der Waals surface area contributed by atoms with E-state index in [1.807, 2.05) is 0 Å². The molecule has 0 amide bonds. The van der Waals surface area contributed by atoms with Crippen LogP contribution in [-0.4, -0.2) is 43.3 Å². The maximum absolute atomic E-state index is 5.71. The van der Waals surface area contributed by atoms with E-state index in [0.29, 0.717) is 6.04 Å². The summed E-state index contributed by atoms with van der Waals surface area (Å²) in [6.45, 7) is 4.51. The molecule has 0 saturated carbocycles. The summed E-state index contributed by atoms with van der Waals surface area (Å²) in [6, 6.07) is 10.3. The van der Waals surface area contributed by atoms with Crippen LogP contribution in [0.25, 0.3) is 0 Å². The van der Waals surface area contributed by atoms with Gasteiger partial charge >= 0.3 is 0 Å². The third kappa shape index (κ3) is 1.87. The highest BCUT2D eigenvalue weighted by Gasteiger charge is 2.47. The van der Waals surface area contributed by atoms with Gasteiger partial charge in [-0.05, 0) is 49.3 Å². The normalized spacial score (nSPS) is 41.4. The van der Waals surface area contributed by atoms with Crippen molar-refractivity contribution in [2.24, 2.45) is 11.8 Å². The Kier molecular flexibility index (Phi) is 2.80. The summed E-state index contributed by atoms with van der Waals surface area (Å²) >= 11 is 0. The van der Waals surface area contributed by atoms with Gasteiger partial charge in [0.1, 0.15) is 0 Å². The highest BCUT2D eigenvalue weighted by Crippen LogP contribution is 2.47. The maximum Gasteiger partial charge on any atom is 0.0509 e. The van der Waals surface area contributed by atoms with Gasteiger partial charge in [-0.2, -0.15) is 0 Å². The van der Waals surface area contributed by atoms with Crippen molar-refractivity contribution in [2.45, 2.75) is 37.3 Å². The molecule has 0 radical (unpaired) electrons. The molecule has 1 aromatic rings. The van der Waals surface area contributed by atoms with Gasteiger partial charge in [-0.25, -0.2) is 0 Å². The van der Waals surface area contributed by atoms with Gasteiger partial charge in [-0.3, -0.25) is 4.90 Å². The summed E-state index contributed by atoms with van der Waals surface area (Å²) < 4.78 is 5.71. The van der Waals surface area contributed by atoms with Gasteiger partial charge in [0.15, 0.2) is 0 Å². The zero-order chi connectivity index (χ0) is 13.8. The van der Waals surface area contributed by atoms with Gasteiger partial charge in [0, 0.05) is 36.8 Å². The molecular weight excluding hydrogens is 260 g/mol. The molecule has 3 nitrogen and oxygen atoms in total. The van der Waals surface area contributed by atoms with Crippen LogP contribution in [0.3, 0.4) is 0 Å². The second-order valence-corrected chi connectivity index (χ2v) is 7.33. The number of rotatable bonds is 0. The molecule has 0 aliphatic carbocycles. The van der Waals surface area contributed by atoms with Crippen LogP contribution in [0.2, 0.25) is 0 Å². The molecule has 4 aliphatic rings. The minimum absolute atomic E-state index is 0.639. The predicted octanol–water partition coefficient (Wildman–Crippen LogP) is 2.70. The van der Waals surface area contributed by atoms with Crippen LogP contribution in [-0.2, 0) is 4.74 Å². The minimum Gasteiger partial charge on any atom is -0.381 e. The van der Waals surface area contributed by atoms with Crippen LogP contribution in [0.4, 0.5) is 5.69 Å². The number of hydrogen-bond acceptors (Lipinski definition) is 3. The minimum atomic E-state index is 0.639. The van der Waals surface area contributed by atoms with Crippen LogP contribution in [0.1, 0.15) is 30.7 Å². The highest BCUT2D eigenvalue weighted by molar-refractivity contribution is 5.60. The van der Waals surface area contributed by atoms with E-state index in [1.165, 1.54) is 38.0 Å². The van der Waals surface area contributed by atoms with Crippen molar-refractivity contribution in [2.75, 3.05) is 31.6 Å². The van der Waals surface area contributed by atoms with Crippen LogP contribution in [0.5, 0.6) is 0 Å². The zero-order valence-electron chi connectivity index (χ0n) is 12.5. The van der Waals surface area contributed by atoms with Crippen molar-refractivity contribution in [3.63, 3.8) is 0 Å². The van der Waals surface area contributed by atoms with Gasteiger partial charge in [-0.15, -0.1) is 0 Å². The number of nitrogens with zero attached hydrogens (tertiary/aromatic N) is 1. The van der Waals surface area contributed by atoms with Crippen molar-refractivity contribution in [1.82, 2.24) is 4.90 Å². The Morgan fingerprint density at radius 2 is 2.10 bits per heavy atom. The van der Waals surface area contributed by atoms with E-state index < -0.39 is 0 Å². The van der Waals surface area contributed by atoms with Gasteiger partial charge < -0.3 is 10.1 Å². The average Bonchev–Trinajstić information content (AvgIpc) is 2.92. The molecule has 4 aliphatic heterocycles. The number of benzene rings is 1. The quantitative estimate of drug-likeness (QED) is 0.793. The van der Waals surface area contributed by atoms with Crippen molar-refractivity contribution in [3.05, 3.63) is 29.8 Å². The van der Waals surface area contributed by atoms with E-state index >= 15 is 0 Å². The van der Waals surface area contributed by atoms with Crippen LogP contribution in [0.15, 0.2) is 24.3 Å². The fraction of sp³-hybridized carbons (Fsp3) is 0.667. The molecule has 1 N–H and O–H groups in total. The molecule has 0 aromatic heterocycles. The highest BCUT2D eigenvalue weighted by atomic mass is 16.5. The Bertz CT molecular complexity index is 546. The van der Waals surface area contributed by atoms with Crippen LogP contribution in [0, 0.1) is 11.8 Å². The molecule has 5 rings (SSSR count). The maximum atomic E-state index is 5.71. The van der Waals surface area contributed by atoms with E-state index in [-0.39, 0.29) is 0 Å². The first-order valence-electron chi connectivity index (χ1n) is 8.57. The molecule has 0 spiro atoms. The van der Waals surface area contributed by atoms with Gasteiger partial charge in [0.25, 0.3) is 0 Å². The summed E-state index contributed by atoms with van der Waals surface area (Å²) in [5.41, 5.74) is 2.96. The Morgan fingerprint density at radius 3 is 3.10 bits per heavy atom. The lowest BCUT2D eigenvalue weighted by atomic mass is 9.72. The van der Waals surface area contributed by atoms with E-state index in [1.54, 1.807) is 5.56 Å². The molecule has 3 saturated heterocycles. The lowest BCUT2D eigenvalue weighted by Crippen LogP contribution is -2.59. The third-order valence-corrected chi connectivity index (χ3v) is 6.37. The van der Waals surface area contributed by atoms with Crippen molar-refractivity contribution in [1.29, 1.82) is 0 Å². The largest absolute Gasteiger partial charge is 0.381 e. The van der Waals surface area contributed by atoms with E-state index in [2.05, 4.69) is 34.5 Å². The predicted molar refractivity (Wildman–Crippen MR) is 83.6 cm³/mol. The first-order valence-corrected chi connectivity index (χ1v) is 8.57. The molecule has 5 atom stereocenters. The number of fused-ring (bicyclic) bond motifs is 6. The molecule has 3 heteroatoms. The lowest BCUT2D eigenvalue weighted by Gasteiger charge is -2.51. The number of para-hydroxylation sites is 1. The fourth-order valence-corrected chi connectivity index (χ4v) is 5.31. The summed E-state index contributed by atoms with van der Waals surface area (Å²) in [6.07, 6.45) is 3.96. The molecule has 1 aromatic carbocycles. The lowest BCUT2D eigenvalue weighted by molar-refractivity contribution is -0.0563. The number of hydrogen-bond donors (Lipinski definition) is 1. The van der Waals surface area contributed by atoms with Crippen LogP contribution >= 0.6 is 0 Å². The number of ether oxygens (including phenoxy) is 1. The standard InChI is InChI=1S/C18H24N2O/c1-2-4-16-14(3-1)15-5-7-20-10-13-11-21-8-6-12(13)9-17(20)18(15)19-16/h1-4,12-13,15,17-19H,5-11H2/t12-,13+,15?,17-,18?/m0/s1. The molecule has 112 valence electrons. The monoisotopic (exact) mass is 284 g/mol. The molecule has 3 fully saturated rings. The summed E-state index contributed by atoms with van der Waals surface area (Å²) in [5.74, 6) is 2.42. The first kappa shape index (κ1) is 12.5. The molecule has 4 heterocycles. The number of anilines is 1. The van der Waals surface area contributed by atoms with Crippen molar-refractivity contribution < 1.29 is 4.74 Å². The first-order chi connectivity index (χ1) is 10.4. The Hall–Kier alpha value is -1.06. The van der Waals surface area contributed by atoms with Crippen LogP contribution < -0.4 is 5.32 Å². The Balaban J connectivity index is 1.43. The zero-order valence-corrected chi connectivity index (χ0v) is 12.5. The second-order valence-electron chi connectivity index (χ2n) is 7.33. The van der Waals surface area contributed by atoms with E-state index in [0.717, 1.165) is 37.0 Å². The van der Waals surface area contributed by atoms with E-state index in [9.17, 15) is 0 Å².